The highest BCUT2D eigenvalue weighted by molar-refractivity contribution is 5.10. The lowest BCUT2D eigenvalue weighted by Crippen LogP contribution is -2.23. The van der Waals surface area contributed by atoms with Crippen molar-refractivity contribution >= 4 is 0 Å². The van der Waals surface area contributed by atoms with E-state index in [9.17, 15) is 13.2 Å². The molecule has 1 atom stereocenters. The Hall–Kier alpha value is -1.01. The summed E-state index contributed by atoms with van der Waals surface area (Å²) in [5.41, 5.74) is 0. The first-order chi connectivity index (χ1) is 8.96. The van der Waals surface area contributed by atoms with Crippen LogP contribution in [0.3, 0.4) is 0 Å². The number of hydrogen-bond acceptors (Lipinski definition) is 3. The Morgan fingerprint density at radius 3 is 2.58 bits per heavy atom. The standard InChI is InChI=1S/C13H20F3NO2/c1-3-10-5-6-12(19-10)11(17-4-2)7-8-18-9-13(14,15)16/h5-6,11,17H,3-4,7-9H2,1-2H3. The van der Waals surface area contributed by atoms with Gasteiger partial charge in [0, 0.05) is 13.0 Å². The molecule has 19 heavy (non-hydrogen) atoms. The van der Waals surface area contributed by atoms with E-state index in [1.807, 2.05) is 26.0 Å². The number of alkyl halides is 3. The molecule has 0 aliphatic rings. The predicted molar refractivity (Wildman–Crippen MR) is 66.0 cm³/mol. The maximum atomic E-state index is 11.9. The van der Waals surface area contributed by atoms with Crippen LogP contribution in [0.5, 0.6) is 0 Å². The first kappa shape index (κ1) is 16.0. The van der Waals surface area contributed by atoms with Gasteiger partial charge in [0.25, 0.3) is 0 Å². The minimum absolute atomic E-state index is 0.0410. The molecule has 1 unspecified atom stereocenters. The van der Waals surface area contributed by atoms with Crippen LogP contribution >= 0.6 is 0 Å². The first-order valence-electron chi connectivity index (χ1n) is 6.42. The van der Waals surface area contributed by atoms with Crippen molar-refractivity contribution < 1.29 is 22.3 Å². The SMILES string of the molecule is CCNC(CCOCC(F)(F)F)c1ccc(CC)o1. The van der Waals surface area contributed by atoms with Gasteiger partial charge in [-0.05, 0) is 25.1 Å². The normalized spacial score (nSPS) is 13.7. The Balaban J connectivity index is 2.44. The predicted octanol–water partition coefficient (Wildman–Crippen LogP) is 3.46. The molecule has 3 nitrogen and oxygen atoms in total. The summed E-state index contributed by atoms with van der Waals surface area (Å²) in [6.07, 6.45) is -3.03. The summed E-state index contributed by atoms with van der Waals surface area (Å²) in [5, 5.41) is 3.18. The third-order valence-electron chi connectivity index (χ3n) is 2.64. The molecule has 0 aliphatic heterocycles. The molecule has 0 spiro atoms. The zero-order valence-electron chi connectivity index (χ0n) is 11.2. The van der Waals surface area contributed by atoms with E-state index < -0.39 is 12.8 Å². The summed E-state index contributed by atoms with van der Waals surface area (Å²) >= 11 is 0. The fourth-order valence-corrected chi connectivity index (χ4v) is 1.75. The molecule has 1 aromatic heterocycles. The minimum Gasteiger partial charge on any atom is -0.464 e. The van der Waals surface area contributed by atoms with E-state index in [0.717, 1.165) is 17.9 Å². The van der Waals surface area contributed by atoms with Gasteiger partial charge in [-0.3, -0.25) is 0 Å². The molecule has 0 amide bonds. The number of furan rings is 1. The van der Waals surface area contributed by atoms with Gasteiger partial charge in [-0.2, -0.15) is 13.2 Å². The Kier molecular flexibility index (Phi) is 6.37. The van der Waals surface area contributed by atoms with Gasteiger partial charge in [-0.15, -0.1) is 0 Å². The van der Waals surface area contributed by atoms with Crippen LogP contribution in [0, 0.1) is 0 Å². The van der Waals surface area contributed by atoms with Crippen LogP contribution in [0.25, 0.3) is 0 Å². The van der Waals surface area contributed by atoms with Gasteiger partial charge in [0.05, 0.1) is 6.04 Å². The zero-order chi connectivity index (χ0) is 14.3. The summed E-state index contributed by atoms with van der Waals surface area (Å²) in [6, 6.07) is 3.63. The van der Waals surface area contributed by atoms with Crippen LogP contribution in [0.15, 0.2) is 16.5 Å². The fraction of sp³-hybridized carbons (Fsp3) is 0.692. The fourth-order valence-electron chi connectivity index (χ4n) is 1.75. The summed E-state index contributed by atoms with van der Waals surface area (Å²) in [7, 11) is 0. The molecule has 0 radical (unpaired) electrons. The second-order valence-corrected chi connectivity index (χ2v) is 4.22. The number of nitrogens with one attached hydrogen (secondary N) is 1. The molecule has 1 heterocycles. The lowest BCUT2D eigenvalue weighted by Gasteiger charge is -2.16. The summed E-state index contributed by atoms with van der Waals surface area (Å²) in [5.74, 6) is 1.61. The molecular formula is C13H20F3NO2. The Labute approximate surface area is 111 Å². The second-order valence-electron chi connectivity index (χ2n) is 4.22. The topological polar surface area (TPSA) is 34.4 Å². The third kappa shape index (κ3) is 6.11. The van der Waals surface area contributed by atoms with Crippen LogP contribution < -0.4 is 5.32 Å². The highest BCUT2D eigenvalue weighted by Gasteiger charge is 2.27. The Morgan fingerprint density at radius 1 is 1.32 bits per heavy atom. The summed E-state index contributed by atoms with van der Waals surface area (Å²) in [4.78, 5) is 0. The molecule has 110 valence electrons. The number of ether oxygens (including phenoxy) is 1. The van der Waals surface area contributed by atoms with Crippen molar-refractivity contribution in [2.45, 2.75) is 38.9 Å². The van der Waals surface area contributed by atoms with Crippen molar-refractivity contribution in [1.29, 1.82) is 0 Å². The molecule has 0 saturated carbocycles. The molecular weight excluding hydrogens is 259 g/mol. The molecule has 0 fully saturated rings. The molecule has 0 aromatic carbocycles. The van der Waals surface area contributed by atoms with Crippen molar-refractivity contribution in [2.75, 3.05) is 19.8 Å². The summed E-state index contributed by atoms with van der Waals surface area (Å²) in [6.45, 7) is 3.47. The van der Waals surface area contributed by atoms with Gasteiger partial charge in [0.15, 0.2) is 0 Å². The van der Waals surface area contributed by atoms with Crippen molar-refractivity contribution in [3.8, 4) is 0 Å². The number of halogens is 3. The molecule has 0 bridgehead atoms. The van der Waals surface area contributed by atoms with Gasteiger partial charge in [-0.1, -0.05) is 13.8 Å². The lowest BCUT2D eigenvalue weighted by molar-refractivity contribution is -0.174. The van der Waals surface area contributed by atoms with Crippen LogP contribution in [0.4, 0.5) is 13.2 Å². The summed E-state index contributed by atoms with van der Waals surface area (Å²) < 4.78 is 46.1. The molecule has 6 heteroatoms. The van der Waals surface area contributed by atoms with E-state index in [-0.39, 0.29) is 12.6 Å². The van der Waals surface area contributed by atoms with Crippen molar-refractivity contribution in [3.05, 3.63) is 23.7 Å². The largest absolute Gasteiger partial charge is 0.464 e. The van der Waals surface area contributed by atoms with E-state index in [2.05, 4.69) is 10.1 Å². The van der Waals surface area contributed by atoms with Gasteiger partial charge < -0.3 is 14.5 Å². The van der Waals surface area contributed by atoms with Crippen LogP contribution in [0.2, 0.25) is 0 Å². The Bertz CT molecular complexity index is 363. The Morgan fingerprint density at radius 2 is 2.05 bits per heavy atom. The highest BCUT2D eigenvalue weighted by atomic mass is 19.4. The number of aryl methyl sites for hydroxylation is 1. The first-order valence-corrected chi connectivity index (χ1v) is 6.42. The monoisotopic (exact) mass is 279 g/mol. The van der Waals surface area contributed by atoms with E-state index in [1.54, 1.807) is 0 Å². The highest BCUT2D eigenvalue weighted by Crippen LogP contribution is 2.21. The maximum absolute atomic E-state index is 11.9. The van der Waals surface area contributed by atoms with Crippen molar-refractivity contribution in [3.63, 3.8) is 0 Å². The van der Waals surface area contributed by atoms with E-state index in [4.69, 9.17) is 4.42 Å². The van der Waals surface area contributed by atoms with Crippen LogP contribution in [-0.2, 0) is 11.2 Å². The lowest BCUT2D eigenvalue weighted by atomic mass is 10.1. The molecule has 1 N–H and O–H groups in total. The van der Waals surface area contributed by atoms with Crippen LogP contribution in [0.1, 0.15) is 37.8 Å². The minimum atomic E-state index is -4.27. The molecule has 0 aliphatic carbocycles. The maximum Gasteiger partial charge on any atom is 0.411 e. The van der Waals surface area contributed by atoms with Crippen molar-refractivity contribution in [2.24, 2.45) is 0 Å². The van der Waals surface area contributed by atoms with Gasteiger partial charge >= 0.3 is 6.18 Å². The van der Waals surface area contributed by atoms with E-state index in [1.165, 1.54) is 0 Å². The van der Waals surface area contributed by atoms with Gasteiger partial charge in [0.1, 0.15) is 18.1 Å². The van der Waals surface area contributed by atoms with Crippen molar-refractivity contribution in [1.82, 2.24) is 5.32 Å². The second kappa shape index (κ2) is 7.55. The molecule has 1 rings (SSSR count). The average molecular weight is 279 g/mol. The molecule has 0 saturated heterocycles. The zero-order valence-corrected chi connectivity index (χ0v) is 11.2. The van der Waals surface area contributed by atoms with E-state index >= 15 is 0 Å². The average Bonchev–Trinajstić information content (AvgIpc) is 2.80. The smallest absolute Gasteiger partial charge is 0.411 e. The van der Waals surface area contributed by atoms with Crippen LogP contribution in [-0.4, -0.2) is 25.9 Å². The van der Waals surface area contributed by atoms with Gasteiger partial charge in [0.2, 0.25) is 0 Å². The number of hydrogen-bond donors (Lipinski definition) is 1. The van der Waals surface area contributed by atoms with Gasteiger partial charge in [-0.25, -0.2) is 0 Å². The third-order valence-corrected chi connectivity index (χ3v) is 2.64. The number of rotatable bonds is 8. The quantitative estimate of drug-likeness (QED) is 0.740. The van der Waals surface area contributed by atoms with E-state index in [0.29, 0.717) is 13.0 Å². The molecule has 1 aromatic rings.